The Kier molecular flexibility index (Phi) is 5.76. The lowest BCUT2D eigenvalue weighted by Crippen LogP contribution is -2.40. The molecule has 2 aliphatic rings. The van der Waals surface area contributed by atoms with E-state index in [0.29, 0.717) is 32.0 Å². The second kappa shape index (κ2) is 8.02. The number of hydrogen-bond acceptors (Lipinski definition) is 3. The maximum absolute atomic E-state index is 12.4. The Morgan fingerprint density at radius 2 is 1.96 bits per heavy atom. The van der Waals surface area contributed by atoms with E-state index < -0.39 is 0 Å². The lowest BCUT2D eigenvalue weighted by Gasteiger charge is -2.27. The van der Waals surface area contributed by atoms with Crippen molar-refractivity contribution in [2.45, 2.75) is 83.8 Å². The van der Waals surface area contributed by atoms with E-state index >= 15 is 0 Å². The molecular weight excluding hydrogens is 316 g/mol. The third-order valence-corrected chi connectivity index (χ3v) is 5.44. The number of amides is 2. The van der Waals surface area contributed by atoms with Gasteiger partial charge < -0.3 is 10.2 Å². The van der Waals surface area contributed by atoms with Crippen molar-refractivity contribution >= 4 is 11.8 Å². The maximum Gasteiger partial charge on any atom is 0.225 e. The van der Waals surface area contributed by atoms with Gasteiger partial charge in [-0.25, -0.2) is 0 Å². The number of nitrogens with one attached hydrogen (secondary N) is 1. The molecule has 2 heterocycles. The lowest BCUT2D eigenvalue weighted by molar-refractivity contribution is -0.129. The van der Waals surface area contributed by atoms with E-state index in [4.69, 9.17) is 0 Å². The summed E-state index contributed by atoms with van der Waals surface area (Å²) >= 11 is 0. The number of rotatable bonds is 5. The largest absolute Gasteiger partial charge is 0.351 e. The fourth-order valence-electron chi connectivity index (χ4n) is 4.16. The first-order valence-electron chi connectivity index (χ1n) is 9.63. The number of likely N-dealkylation sites (tertiary alicyclic amines) is 1. The highest BCUT2D eigenvalue weighted by Gasteiger charge is 2.34. The van der Waals surface area contributed by atoms with Crippen LogP contribution in [0.25, 0.3) is 0 Å². The fraction of sp³-hybridized carbons (Fsp3) is 0.737. The summed E-state index contributed by atoms with van der Waals surface area (Å²) in [5, 5.41) is 7.43. The first kappa shape index (κ1) is 18.0. The molecule has 138 valence electrons. The molecule has 1 aromatic rings. The van der Waals surface area contributed by atoms with E-state index in [1.807, 2.05) is 29.5 Å². The second-order valence-electron chi connectivity index (χ2n) is 7.56. The third-order valence-electron chi connectivity index (χ3n) is 5.44. The predicted octanol–water partition coefficient (Wildman–Crippen LogP) is 2.33. The summed E-state index contributed by atoms with van der Waals surface area (Å²) in [4.78, 5) is 26.6. The van der Waals surface area contributed by atoms with E-state index in [-0.39, 0.29) is 17.9 Å². The van der Waals surface area contributed by atoms with Crippen LogP contribution < -0.4 is 5.32 Å². The van der Waals surface area contributed by atoms with Gasteiger partial charge in [0, 0.05) is 37.7 Å². The molecule has 0 radical (unpaired) electrons. The molecule has 0 bridgehead atoms. The van der Waals surface area contributed by atoms with Gasteiger partial charge in [0.1, 0.15) is 0 Å². The van der Waals surface area contributed by atoms with Crippen molar-refractivity contribution < 1.29 is 9.59 Å². The van der Waals surface area contributed by atoms with Gasteiger partial charge in [0.25, 0.3) is 0 Å². The van der Waals surface area contributed by atoms with Crippen LogP contribution in [0.2, 0.25) is 0 Å². The molecule has 1 aromatic heterocycles. The molecule has 1 aliphatic carbocycles. The number of carbonyl (C=O) groups excluding carboxylic acids is 2. The molecule has 6 nitrogen and oxygen atoms in total. The van der Waals surface area contributed by atoms with Gasteiger partial charge in [-0.05, 0) is 32.8 Å². The highest BCUT2D eigenvalue weighted by molar-refractivity contribution is 5.82. The van der Waals surface area contributed by atoms with Gasteiger partial charge in [0.15, 0.2) is 0 Å². The Morgan fingerprint density at radius 3 is 2.60 bits per heavy atom. The maximum atomic E-state index is 12.4. The van der Waals surface area contributed by atoms with E-state index in [0.717, 1.165) is 24.2 Å². The van der Waals surface area contributed by atoms with E-state index in [2.05, 4.69) is 10.4 Å². The first-order chi connectivity index (χ1) is 12.0. The molecule has 25 heavy (non-hydrogen) atoms. The van der Waals surface area contributed by atoms with Crippen molar-refractivity contribution in [2.24, 2.45) is 0 Å². The predicted molar refractivity (Wildman–Crippen MR) is 96.1 cm³/mol. The molecular formula is C19H30N4O2. The van der Waals surface area contributed by atoms with E-state index in [1.165, 1.54) is 25.7 Å². The lowest BCUT2D eigenvalue weighted by atomic mass is 10.1. The molecule has 1 saturated heterocycles. The number of nitrogens with zero attached hydrogens (tertiary/aromatic N) is 3. The van der Waals surface area contributed by atoms with Crippen LogP contribution in [0.4, 0.5) is 0 Å². The summed E-state index contributed by atoms with van der Waals surface area (Å²) in [6, 6.07) is 2.35. The second-order valence-corrected chi connectivity index (χ2v) is 7.56. The zero-order valence-corrected chi connectivity index (χ0v) is 15.5. The van der Waals surface area contributed by atoms with Gasteiger partial charge >= 0.3 is 0 Å². The van der Waals surface area contributed by atoms with Crippen molar-refractivity contribution in [3.63, 3.8) is 0 Å². The van der Waals surface area contributed by atoms with Crippen LogP contribution in [0.5, 0.6) is 0 Å². The number of hydrogen-bond donors (Lipinski definition) is 1. The molecule has 0 unspecified atom stereocenters. The highest BCUT2D eigenvalue weighted by Crippen LogP contribution is 2.25. The van der Waals surface area contributed by atoms with Gasteiger partial charge in [0.05, 0.1) is 11.7 Å². The molecule has 1 atom stereocenters. The van der Waals surface area contributed by atoms with E-state index in [9.17, 15) is 9.59 Å². The van der Waals surface area contributed by atoms with Gasteiger partial charge in [-0.2, -0.15) is 5.10 Å². The topological polar surface area (TPSA) is 67.2 Å². The van der Waals surface area contributed by atoms with Crippen molar-refractivity contribution in [1.82, 2.24) is 20.0 Å². The minimum Gasteiger partial charge on any atom is -0.351 e. The molecule has 3 rings (SSSR count). The SMILES string of the molecule is Cc1cc(C)n(CCC(=O)N[C@H]2CC(=O)N(C3CCCCCC3)C2)n1. The summed E-state index contributed by atoms with van der Waals surface area (Å²) in [7, 11) is 0. The normalized spacial score (nSPS) is 22.2. The molecule has 2 amide bonds. The molecule has 1 N–H and O–H groups in total. The van der Waals surface area contributed by atoms with Crippen LogP contribution in [0.3, 0.4) is 0 Å². The van der Waals surface area contributed by atoms with Crippen LogP contribution in [0.15, 0.2) is 6.07 Å². The van der Waals surface area contributed by atoms with Gasteiger partial charge in [-0.15, -0.1) is 0 Å². The van der Waals surface area contributed by atoms with Gasteiger partial charge in [-0.3, -0.25) is 14.3 Å². The third kappa shape index (κ3) is 4.61. The fourth-order valence-corrected chi connectivity index (χ4v) is 4.16. The Labute approximate surface area is 149 Å². The molecule has 0 aromatic carbocycles. The number of carbonyl (C=O) groups is 2. The molecule has 0 spiro atoms. The zero-order chi connectivity index (χ0) is 17.8. The Morgan fingerprint density at radius 1 is 1.24 bits per heavy atom. The van der Waals surface area contributed by atoms with Crippen LogP contribution >= 0.6 is 0 Å². The zero-order valence-electron chi connectivity index (χ0n) is 15.5. The average molecular weight is 346 g/mol. The standard InChI is InChI=1S/C19H30N4O2/c1-14-11-15(2)23(21-14)10-9-18(24)20-16-12-19(25)22(13-16)17-7-5-3-4-6-8-17/h11,16-17H,3-10,12-13H2,1-2H3,(H,20,24)/t16-/m0/s1. The van der Waals surface area contributed by atoms with Crippen LogP contribution in [-0.2, 0) is 16.1 Å². The van der Waals surface area contributed by atoms with Gasteiger partial charge in [0.2, 0.25) is 11.8 Å². The summed E-state index contributed by atoms with van der Waals surface area (Å²) in [5.41, 5.74) is 2.04. The summed E-state index contributed by atoms with van der Waals surface area (Å²) in [6.07, 6.45) is 8.07. The Hall–Kier alpha value is -1.85. The first-order valence-corrected chi connectivity index (χ1v) is 9.63. The van der Waals surface area contributed by atoms with Crippen LogP contribution in [-0.4, -0.2) is 45.1 Å². The monoisotopic (exact) mass is 346 g/mol. The molecule has 2 fully saturated rings. The summed E-state index contributed by atoms with van der Waals surface area (Å²) < 4.78 is 1.87. The quantitative estimate of drug-likeness (QED) is 0.832. The number of aryl methyl sites for hydroxylation is 3. The summed E-state index contributed by atoms with van der Waals surface area (Å²) in [6.45, 7) is 5.21. The van der Waals surface area contributed by atoms with E-state index in [1.54, 1.807) is 0 Å². The molecule has 6 heteroatoms. The smallest absolute Gasteiger partial charge is 0.225 e. The highest BCUT2D eigenvalue weighted by atomic mass is 16.2. The molecule has 1 saturated carbocycles. The summed E-state index contributed by atoms with van der Waals surface area (Å²) in [5.74, 6) is 0.212. The Balaban J connectivity index is 1.47. The molecule has 1 aliphatic heterocycles. The van der Waals surface area contributed by atoms with Gasteiger partial charge in [-0.1, -0.05) is 25.7 Å². The van der Waals surface area contributed by atoms with Crippen LogP contribution in [0, 0.1) is 13.8 Å². The Bertz CT molecular complexity index is 617. The van der Waals surface area contributed by atoms with Crippen molar-refractivity contribution in [2.75, 3.05) is 6.54 Å². The number of aromatic nitrogens is 2. The average Bonchev–Trinajstić information content (AvgIpc) is 2.94. The minimum atomic E-state index is -0.0382. The van der Waals surface area contributed by atoms with Crippen molar-refractivity contribution in [3.05, 3.63) is 17.5 Å². The van der Waals surface area contributed by atoms with Crippen molar-refractivity contribution in [3.8, 4) is 0 Å². The van der Waals surface area contributed by atoms with Crippen LogP contribution in [0.1, 0.15) is 62.8 Å². The van der Waals surface area contributed by atoms with Crippen molar-refractivity contribution in [1.29, 1.82) is 0 Å². The minimum absolute atomic E-state index is 0.00747.